The van der Waals surface area contributed by atoms with Gasteiger partial charge in [-0.15, -0.1) is 0 Å². The van der Waals surface area contributed by atoms with Crippen LogP contribution < -0.4 is 9.30 Å². The Bertz CT molecular complexity index is 2010. The van der Waals surface area contributed by atoms with Gasteiger partial charge in [0, 0.05) is 22.2 Å². The summed E-state index contributed by atoms with van der Waals surface area (Å²) < 4.78 is 15.2. The molecular weight excluding hydrogens is 418 g/mol. The molecule has 0 N–H and O–H groups in total. The number of aromatic nitrogens is 1. The van der Waals surface area contributed by atoms with Crippen LogP contribution in [0.15, 0.2) is 89.5 Å². The number of para-hydroxylation sites is 1. The molecule has 0 aliphatic carbocycles. The molecule has 0 atom stereocenters. The van der Waals surface area contributed by atoms with Crippen LogP contribution in [0.5, 0.6) is 11.5 Å². The maximum atomic E-state index is 6.68. The number of nitrogens with zero attached hydrogens (tertiary/aromatic N) is 1. The molecule has 3 heteroatoms. The zero-order valence-corrected chi connectivity index (χ0v) is 18.8. The Labute approximate surface area is 195 Å². The van der Waals surface area contributed by atoms with Crippen LogP contribution in [0.4, 0.5) is 0 Å². The maximum absolute atomic E-state index is 6.68. The number of fused-ring (bicyclic) bond motifs is 8. The van der Waals surface area contributed by atoms with Crippen molar-refractivity contribution in [1.82, 2.24) is 0 Å². The first-order valence-electron chi connectivity index (χ1n) is 11.6. The van der Waals surface area contributed by atoms with Crippen molar-refractivity contribution in [2.45, 2.75) is 6.92 Å². The first-order valence-corrected chi connectivity index (χ1v) is 11.6. The number of ether oxygens (including phenoxy) is 1. The molecule has 0 unspecified atom stereocenters. The predicted molar refractivity (Wildman–Crippen MR) is 138 cm³/mol. The first-order chi connectivity index (χ1) is 16.7. The molecule has 0 amide bonds. The molecule has 1 aliphatic heterocycles. The molecular formula is C31H20NO2+. The zero-order valence-electron chi connectivity index (χ0n) is 18.8. The minimum atomic E-state index is 0.882. The van der Waals surface area contributed by atoms with Crippen LogP contribution in [-0.2, 0) is 7.05 Å². The topological polar surface area (TPSA) is 26.2 Å². The van der Waals surface area contributed by atoms with E-state index in [9.17, 15) is 0 Å². The summed E-state index contributed by atoms with van der Waals surface area (Å²) in [4.78, 5) is 0. The molecule has 34 heavy (non-hydrogen) atoms. The van der Waals surface area contributed by atoms with Crippen molar-refractivity contribution in [1.29, 1.82) is 0 Å². The van der Waals surface area contributed by atoms with Crippen LogP contribution in [0.2, 0.25) is 0 Å². The second-order valence-electron chi connectivity index (χ2n) is 9.31. The standard InChI is InChI=1S/C31H20NO2/c1-17-23-14-19-8-4-3-7-18(19)13-20(23)15-26-28(17)30-29-22(11-12-32(30)2)31-24(16-27(29)33-26)21-9-5-6-10-25(21)34-31/h3-16H,1-2H3/q+1. The Morgan fingerprint density at radius 2 is 1.47 bits per heavy atom. The molecule has 0 bridgehead atoms. The van der Waals surface area contributed by atoms with Gasteiger partial charge in [0.25, 0.3) is 0 Å². The van der Waals surface area contributed by atoms with Crippen molar-refractivity contribution < 1.29 is 13.7 Å². The van der Waals surface area contributed by atoms with Crippen molar-refractivity contribution in [3.05, 3.63) is 90.6 Å². The van der Waals surface area contributed by atoms with Gasteiger partial charge in [0.1, 0.15) is 35.1 Å². The second kappa shape index (κ2) is 6.15. The molecule has 0 saturated heterocycles. The largest absolute Gasteiger partial charge is 0.455 e. The lowest BCUT2D eigenvalue weighted by atomic mass is 9.90. The summed E-state index contributed by atoms with van der Waals surface area (Å²) in [5.41, 5.74) is 5.37. The van der Waals surface area contributed by atoms with Gasteiger partial charge in [0.2, 0.25) is 5.69 Å². The number of benzene rings is 5. The van der Waals surface area contributed by atoms with Gasteiger partial charge in [-0.05, 0) is 64.4 Å². The highest BCUT2D eigenvalue weighted by atomic mass is 16.5. The molecule has 3 heterocycles. The van der Waals surface area contributed by atoms with E-state index in [1.54, 1.807) is 0 Å². The lowest BCUT2D eigenvalue weighted by Gasteiger charge is -2.22. The molecule has 5 aromatic carbocycles. The SMILES string of the molecule is Cc1c2c(cc3cc4ccccc4cc13)Oc1cc3c4ccccc4oc3c3cc[n+](C)c-2c13. The predicted octanol–water partition coefficient (Wildman–Crippen LogP) is 7.95. The summed E-state index contributed by atoms with van der Waals surface area (Å²) in [6.07, 6.45) is 2.13. The molecule has 3 nitrogen and oxygen atoms in total. The number of hydrogen-bond acceptors (Lipinski definition) is 2. The number of rotatable bonds is 0. The fraction of sp³-hybridized carbons (Fsp3) is 0.0645. The smallest absolute Gasteiger partial charge is 0.228 e. The molecule has 8 rings (SSSR count). The van der Waals surface area contributed by atoms with Crippen LogP contribution in [0, 0.1) is 6.92 Å². The Kier molecular flexibility index (Phi) is 3.27. The molecule has 160 valence electrons. The van der Waals surface area contributed by atoms with Crippen molar-refractivity contribution >= 4 is 54.3 Å². The fourth-order valence-corrected chi connectivity index (χ4v) is 5.81. The van der Waals surface area contributed by atoms with E-state index in [4.69, 9.17) is 9.15 Å². The highest BCUT2D eigenvalue weighted by Crippen LogP contribution is 2.51. The highest BCUT2D eigenvalue weighted by Gasteiger charge is 2.32. The second-order valence-corrected chi connectivity index (χ2v) is 9.31. The van der Waals surface area contributed by atoms with Gasteiger partial charge < -0.3 is 9.15 Å². The average Bonchev–Trinajstić information content (AvgIpc) is 3.23. The number of aryl methyl sites for hydroxylation is 2. The molecule has 2 aromatic heterocycles. The quantitative estimate of drug-likeness (QED) is 0.177. The van der Waals surface area contributed by atoms with Crippen molar-refractivity contribution in [3.63, 3.8) is 0 Å². The Balaban J connectivity index is 1.54. The van der Waals surface area contributed by atoms with Crippen LogP contribution in [0.25, 0.3) is 65.5 Å². The van der Waals surface area contributed by atoms with Crippen molar-refractivity contribution in [2.24, 2.45) is 7.05 Å². The average molecular weight is 439 g/mol. The van der Waals surface area contributed by atoms with Crippen LogP contribution in [0.3, 0.4) is 0 Å². The maximum Gasteiger partial charge on any atom is 0.228 e. The third-order valence-electron chi connectivity index (χ3n) is 7.41. The lowest BCUT2D eigenvalue weighted by molar-refractivity contribution is -0.659. The monoisotopic (exact) mass is 438 g/mol. The molecule has 0 radical (unpaired) electrons. The zero-order chi connectivity index (χ0) is 22.6. The van der Waals surface area contributed by atoms with Crippen LogP contribution >= 0.6 is 0 Å². The summed E-state index contributed by atoms with van der Waals surface area (Å²) >= 11 is 0. The van der Waals surface area contributed by atoms with Gasteiger partial charge in [0.05, 0.1) is 5.56 Å². The number of hydrogen-bond donors (Lipinski definition) is 0. The van der Waals surface area contributed by atoms with E-state index in [2.05, 4.69) is 91.5 Å². The van der Waals surface area contributed by atoms with Gasteiger partial charge in [-0.2, -0.15) is 0 Å². The van der Waals surface area contributed by atoms with Gasteiger partial charge in [-0.3, -0.25) is 0 Å². The highest BCUT2D eigenvalue weighted by molar-refractivity contribution is 6.20. The first kappa shape index (κ1) is 18.1. The van der Waals surface area contributed by atoms with Crippen LogP contribution in [0.1, 0.15) is 5.56 Å². The van der Waals surface area contributed by atoms with E-state index >= 15 is 0 Å². The molecule has 7 aromatic rings. The molecule has 0 fully saturated rings. The summed E-state index contributed by atoms with van der Waals surface area (Å²) in [5, 5.41) is 9.33. The summed E-state index contributed by atoms with van der Waals surface area (Å²) in [6, 6.07) is 27.8. The Hall–Kier alpha value is -4.37. The van der Waals surface area contributed by atoms with Gasteiger partial charge in [-0.25, -0.2) is 4.57 Å². The number of furan rings is 1. The number of pyridine rings is 1. The van der Waals surface area contributed by atoms with Crippen molar-refractivity contribution in [3.8, 4) is 22.8 Å². The van der Waals surface area contributed by atoms with Crippen molar-refractivity contribution in [2.75, 3.05) is 0 Å². The van der Waals surface area contributed by atoms with Gasteiger partial charge in [0.15, 0.2) is 6.20 Å². The summed E-state index contributed by atoms with van der Waals surface area (Å²) in [5.74, 6) is 1.79. The fourth-order valence-electron chi connectivity index (χ4n) is 5.81. The summed E-state index contributed by atoms with van der Waals surface area (Å²) in [6.45, 7) is 2.21. The van der Waals surface area contributed by atoms with Gasteiger partial charge >= 0.3 is 0 Å². The lowest BCUT2D eigenvalue weighted by Crippen LogP contribution is -2.31. The van der Waals surface area contributed by atoms with E-state index in [1.165, 1.54) is 32.8 Å². The van der Waals surface area contributed by atoms with E-state index in [-0.39, 0.29) is 0 Å². The third-order valence-corrected chi connectivity index (χ3v) is 7.41. The van der Waals surface area contributed by atoms with E-state index < -0.39 is 0 Å². The van der Waals surface area contributed by atoms with Crippen LogP contribution in [-0.4, -0.2) is 0 Å². The van der Waals surface area contributed by atoms with E-state index in [1.807, 2.05) is 12.1 Å². The van der Waals surface area contributed by atoms with Gasteiger partial charge in [-0.1, -0.05) is 42.5 Å². The minimum absolute atomic E-state index is 0.882. The Morgan fingerprint density at radius 3 is 2.35 bits per heavy atom. The molecule has 0 saturated carbocycles. The van der Waals surface area contributed by atoms with E-state index in [0.29, 0.717) is 0 Å². The molecule has 1 aliphatic rings. The third kappa shape index (κ3) is 2.19. The minimum Gasteiger partial charge on any atom is -0.455 e. The van der Waals surface area contributed by atoms with E-state index in [0.717, 1.165) is 49.8 Å². The Morgan fingerprint density at radius 1 is 0.676 bits per heavy atom. The summed E-state index contributed by atoms with van der Waals surface area (Å²) in [7, 11) is 2.11. The normalized spacial score (nSPS) is 12.6. The molecule has 0 spiro atoms.